The molecule has 1 rings (SSSR count). The first-order chi connectivity index (χ1) is 12.1. The quantitative estimate of drug-likeness (QED) is 0.520. The predicted octanol–water partition coefficient (Wildman–Crippen LogP) is 3.86. The van der Waals surface area contributed by atoms with Gasteiger partial charge in [0.15, 0.2) is 0 Å². The van der Waals surface area contributed by atoms with E-state index in [0.29, 0.717) is 0 Å². The second-order valence-corrected chi connectivity index (χ2v) is 7.36. The first-order valence-electron chi connectivity index (χ1n) is 8.69. The Bertz CT molecular complexity index is 640. The van der Waals surface area contributed by atoms with Crippen molar-refractivity contribution in [3.63, 3.8) is 0 Å². The van der Waals surface area contributed by atoms with E-state index in [-0.39, 0.29) is 24.7 Å². The number of carbonyl (C=O) groups excluding carboxylic acids is 3. The minimum atomic E-state index is -0.635. The highest BCUT2D eigenvalue weighted by Crippen LogP contribution is 2.22. The van der Waals surface area contributed by atoms with Crippen LogP contribution < -0.4 is 0 Å². The topological polar surface area (TPSA) is 69.7 Å². The van der Waals surface area contributed by atoms with E-state index in [2.05, 4.69) is 0 Å². The van der Waals surface area contributed by atoms with Crippen LogP contribution in [0.2, 0.25) is 0 Å². The van der Waals surface area contributed by atoms with Gasteiger partial charge in [-0.05, 0) is 39.2 Å². The van der Waals surface area contributed by atoms with Crippen molar-refractivity contribution in [2.24, 2.45) is 11.8 Å². The molecule has 0 aromatic heterocycles. The molecular weight excluding hydrogens is 332 g/mol. The fourth-order valence-corrected chi connectivity index (χ4v) is 2.31. The monoisotopic (exact) mass is 360 g/mol. The first kappa shape index (κ1) is 21.6. The van der Waals surface area contributed by atoms with Gasteiger partial charge in [0, 0.05) is 12.5 Å². The number of rotatable bonds is 8. The number of carbonyl (C=O) groups is 3. The van der Waals surface area contributed by atoms with Gasteiger partial charge in [0.05, 0.1) is 5.92 Å². The van der Waals surface area contributed by atoms with Crippen molar-refractivity contribution in [3.8, 4) is 0 Å². The summed E-state index contributed by atoms with van der Waals surface area (Å²) in [6.07, 6.45) is 2.95. The maximum atomic E-state index is 12.4. The summed E-state index contributed by atoms with van der Waals surface area (Å²) in [7, 11) is 0. The number of hydrogen-bond donors (Lipinski definition) is 0. The van der Waals surface area contributed by atoms with Crippen LogP contribution in [0.1, 0.15) is 46.6 Å². The summed E-state index contributed by atoms with van der Waals surface area (Å²) in [5, 5.41) is 0. The van der Waals surface area contributed by atoms with Crippen molar-refractivity contribution in [2.45, 2.75) is 53.2 Å². The number of ether oxygens (including phenoxy) is 2. The van der Waals surface area contributed by atoms with Crippen molar-refractivity contribution in [2.75, 3.05) is 0 Å². The van der Waals surface area contributed by atoms with Gasteiger partial charge in [-0.25, -0.2) is 4.79 Å². The summed E-state index contributed by atoms with van der Waals surface area (Å²) in [6, 6.07) is 9.36. The highest BCUT2D eigenvalue weighted by Gasteiger charge is 2.29. The zero-order valence-electron chi connectivity index (χ0n) is 16.2. The van der Waals surface area contributed by atoms with Crippen LogP contribution in [0.15, 0.2) is 42.5 Å². The lowest BCUT2D eigenvalue weighted by atomic mass is 9.89. The van der Waals surface area contributed by atoms with E-state index >= 15 is 0 Å². The van der Waals surface area contributed by atoms with Gasteiger partial charge >= 0.3 is 11.9 Å². The van der Waals surface area contributed by atoms with Gasteiger partial charge in [-0.3, -0.25) is 4.79 Å². The molecule has 0 N–H and O–H groups in total. The van der Waals surface area contributed by atoms with Crippen molar-refractivity contribution in [1.82, 2.24) is 0 Å². The van der Waals surface area contributed by atoms with Gasteiger partial charge in [0.25, 0.3) is 0 Å². The minimum Gasteiger partial charge on any atom is -0.460 e. The third-order valence-corrected chi connectivity index (χ3v) is 3.61. The number of allylic oxidation sites excluding steroid dienone is 1. The maximum Gasteiger partial charge on any atom is 0.330 e. The number of hydrogen-bond acceptors (Lipinski definition) is 5. The maximum absolute atomic E-state index is 12.4. The summed E-state index contributed by atoms with van der Waals surface area (Å²) >= 11 is 0. The molecule has 0 aliphatic heterocycles. The normalized spacial score (nSPS) is 13.9. The standard InChI is InChI=1S/C21H28O5/c1-15(18(13-16(2)22)20(24)26-21(3,4)5)11-12-19(23)25-14-17-9-7-6-8-10-17/h6-12,15,18H,13-14H2,1-5H3/b12-11+/t15-,18+/m1/s1. The molecule has 0 radical (unpaired) electrons. The molecule has 1 aromatic rings. The molecule has 0 heterocycles. The molecule has 0 fully saturated rings. The Kier molecular flexibility index (Phi) is 8.23. The second kappa shape index (κ2) is 9.90. The molecule has 0 unspecified atom stereocenters. The average Bonchev–Trinajstić information content (AvgIpc) is 2.54. The molecule has 2 atom stereocenters. The molecule has 1 aromatic carbocycles. The van der Waals surface area contributed by atoms with Gasteiger partial charge in [-0.1, -0.05) is 43.3 Å². The van der Waals surface area contributed by atoms with Gasteiger partial charge < -0.3 is 14.3 Å². The molecular formula is C21H28O5. The van der Waals surface area contributed by atoms with Crippen molar-refractivity contribution in [3.05, 3.63) is 48.0 Å². The van der Waals surface area contributed by atoms with Crippen LogP contribution >= 0.6 is 0 Å². The lowest BCUT2D eigenvalue weighted by Gasteiger charge is -2.25. The van der Waals surface area contributed by atoms with E-state index in [1.165, 1.54) is 13.0 Å². The highest BCUT2D eigenvalue weighted by atomic mass is 16.6. The molecule has 142 valence electrons. The number of ketones is 1. The van der Waals surface area contributed by atoms with E-state index in [4.69, 9.17) is 9.47 Å². The van der Waals surface area contributed by atoms with E-state index in [0.717, 1.165) is 5.56 Å². The number of benzene rings is 1. The van der Waals surface area contributed by atoms with Gasteiger partial charge in [0.1, 0.15) is 18.0 Å². The van der Waals surface area contributed by atoms with E-state index in [1.807, 2.05) is 30.3 Å². The fraction of sp³-hybridized carbons (Fsp3) is 0.476. The van der Waals surface area contributed by atoms with Crippen LogP contribution in [-0.2, 0) is 30.5 Å². The van der Waals surface area contributed by atoms with Gasteiger partial charge in [-0.2, -0.15) is 0 Å². The zero-order valence-corrected chi connectivity index (χ0v) is 16.2. The Labute approximate surface area is 155 Å². The Hall–Kier alpha value is -2.43. The van der Waals surface area contributed by atoms with Crippen LogP contribution in [-0.4, -0.2) is 23.3 Å². The van der Waals surface area contributed by atoms with Gasteiger partial charge in [0.2, 0.25) is 0 Å². The number of Topliss-reactive ketones (excluding diaryl/α,β-unsaturated/α-hetero) is 1. The fourth-order valence-electron chi connectivity index (χ4n) is 2.31. The second-order valence-electron chi connectivity index (χ2n) is 7.36. The smallest absolute Gasteiger partial charge is 0.330 e. The van der Waals surface area contributed by atoms with Crippen molar-refractivity contribution in [1.29, 1.82) is 0 Å². The van der Waals surface area contributed by atoms with E-state index < -0.39 is 23.5 Å². The van der Waals surface area contributed by atoms with E-state index in [1.54, 1.807) is 33.8 Å². The minimum absolute atomic E-state index is 0.0689. The lowest BCUT2D eigenvalue weighted by molar-refractivity contribution is -0.162. The Morgan fingerprint density at radius 3 is 2.27 bits per heavy atom. The van der Waals surface area contributed by atoms with Crippen LogP contribution in [0, 0.1) is 11.8 Å². The lowest BCUT2D eigenvalue weighted by Crippen LogP contribution is -2.32. The van der Waals surface area contributed by atoms with Crippen LogP contribution in [0.25, 0.3) is 0 Å². The Morgan fingerprint density at radius 1 is 1.12 bits per heavy atom. The molecule has 26 heavy (non-hydrogen) atoms. The molecule has 0 aliphatic rings. The highest BCUT2D eigenvalue weighted by molar-refractivity contribution is 5.84. The van der Waals surface area contributed by atoms with Crippen LogP contribution in [0.5, 0.6) is 0 Å². The largest absolute Gasteiger partial charge is 0.460 e. The van der Waals surface area contributed by atoms with Gasteiger partial charge in [-0.15, -0.1) is 0 Å². The molecule has 5 nitrogen and oxygen atoms in total. The van der Waals surface area contributed by atoms with Crippen LogP contribution in [0.3, 0.4) is 0 Å². The third kappa shape index (κ3) is 8.60. The molecule has 0 bridgehead atoms. The summed E-state index contributed by atoms with van der Waals surface area (Å²) < 4.78 is 10.6. The molecule has 0 saturated carbocycles. The molecule has 0 aliphatic carbocycles. The Balaban J connectivity index is 2.67. The average molecular weight is 360 g/mol. The van der Waals surface area contributed by atoms with Crippen molar-refractivity contribution >= 4 is 17.7 Å². The Morgan fingerprint density at radius 2 is 1.73 bits per heavy atom. The zero-order chi connectivity index (χ0) is 19.7. The SMILES string of the molecule is CC(=O)C[C@H](C(=O)OC(C)(C)C)[C@H](C)/C=C/C(=O)OCc1ccccc1. The predicted molar refractivity (Wildman–Crippen MR) is 99.2 cm³/mol. The summed E-state index contributed by atoms with van der Waals surface area (Å²) in [5.41, 5.74) is 0.259. The molecule has 0 amide bonds. The van der Waals surface area contributed by atoms with Crippen LogP contribution in [0.4, 0.5) is 0 Å². The first-order valence-corrected chi connectivity index (χ1v) is 8.69. The van der Waals surface area contributed by atoms with Crippen molar-refractivity contribution < 1.29 is 23.9 Å². The third-order valence-electron chi connectivity index (χ3n) is 3.61. The summed E-state index contributed by atoms with van der Waals surface area (Å²) in [6.45, 7) is 8.72. The molecule has 5 heteroatoms. The molecule has 0 spiro atoms. The summed E-state index contributed by atoms with van der Waals surface area (Å²) in [4.78, 5) is 35.7. The number of esters is 2. The van der Waals surface area contributed by atoms with E-state index in [9.17, 15) is 14.4 Å². The summed E-state index contributed by atoms with van der Waals surface area (Å²) in [5.74, 6) is -2.01. The molecule has 0 saturated heterocycles.